The Labute approximate surface area is 146 Å². The molecule has 128 valence electrons. The van der Waals surface area contributed by atoms with Gasteiger partial charge in [-0.1, -0.05) is 12.8 Å². The highest BCUT2D eigenvalue weighted by atomic mass is 79.9. The van der Waals surface area contributed by atoms with Crippen molar-refractivity contribution in [3.8, 4) is 0 Å². The first-order valence-corrected chi connectivity index (χ1v) is 9.29. The van der Waals surface area contributed by atoms with Crippen LogP contribution < -0.4 is 10.9 Å². The molecular formula is C17H26BrN3O2. The molecule has 0 aliphatic carbocycles. The van der Waals surface area contributed by atoms with Crippen molar-refractivity contribution >= 4 is 21.8 Å². The van der Waals surface area contributed by atoms with Crippen molar-refractivity contribution in [1.82, 2.24) is 14.8 Å². The van der Waals surface area contributed by atoms with Crippen LogP contribution in [0.2, 0.25) is 0 Å². The van der Waals surface area contributed by atoms with Crippen molar-refractivity contribution < 1.29 is 4.79 Å². The molecule has 0 bridgehead atoms. The summed E-state index contributed by atoms with van der Waals surface area (Å²) in [6.07, 6.45) is 8.34. The third-order valence-electron chi connectivity index (χ3n) is 4.20. The summed E-state index contributed by atoms with van der Waals surface area (Å²) in [6.45, 7) is 4.57. The number of aryl methyl sites for hydroxylation is 1. The summed E-state index contributed by atoms with van der Waals surface area (Å²) in [5.74, 6) is 0.00717. The summed E-state index contributed by atoms with van der Waals surface area (Å²) >= 11 is 3.33. The Morgan fingerprint density at radius 3 is 2.61 bits per heavy atom. The van der Waals surface area contributed by atoms with E-state index in [4.69, 9.17) is 0 Å². The maximum absolute atomic E-state index is 11.9. The van der Waals surface area contributed by atoms with E-state index in [0.717, 1.165) is 17.4 Å². The van der Waals surface area contributed by atoms with E-state index >= 15 is 0 Å². The average molecular weight is 384 g/mol. The number of aromatic nitrogens is 1. The normalized spacial score (nSPS) is 16.0. The predicted molar refractivity (Wildman–Crippen MR) is 95.6 cm³/mol. The van der Waals surface area contributed by atoms with Gasteiger partial charge in [0.15, 0.2) is 0 Å². The Morgan fingerprint density at radius 1 is 1.13 bits per heavy atom. The summed E-state index contributed by atoms with van der Waals surface area (Å²) in [6, 6.07) is 3.21. The van der Waals surface area contributed by atoms with Gasteiger partial charge < -0.3 is 14.8 Å². The van der Waals surface area contributed by atoms with Crippen molar-refractivity contribution in [3.05, 3.63) is 33.2 Å². The molecule has 2 rings (SSSR count). The number of hydrogen-bond acceptors (Lipinski definition) is 3. The fourth-order valence-electron chi connectivity index (χ4n) is 2.88. The summed E-state index contributed by atoms with van der Waals surface area (Å²) in [7, 11) is 0. The monoisotopic (exact) mass is 383 g/mol. The number of rotatable bonds is 7. The van der Waals surface area contributed by atoms with Gasteiger partial charge in [-0.15, -0.1) is 0 Å². The molecule has 6 heteroatoms. The van der Waals surface area contributed by atoms with Crippen LogP contribution >= 0.6 is 15.9 Å². The van der Waals surface area contributed by atoms with Gasteiger partial charge in [0, 0.05) is 36.2 Å². The summed E-state index contributed by atoms with van der Waals surface area (Å²) in [5, 5.41) is 2.95. The predicted octanol–water partition coefficient (Wildman–Crippen LogP) is 2.38. The summed E-state index contributed by atoms with van der Waals surface area (Å²) < 4.78 is 2.40. The lowest BCUT2D eigenvalue weighted by molar-refractivity contribution is -0.121. The molecule has 0 saturated carbocycles. The quantitative estimate of drug-likeness (QED) is 0.735. The molecule has 0 atom stereocenters. The van der Waals surface area contributed by atoms with E-state index in [-0.39, 0.29) is 11.5 Å². The second-order valence-corrected chi connectivity index (χ2v) is 7.00. The summed E-state index contributed by atoms with van der Waals surface area (Å²) in [5.41, 5.74) is -0.0813. The molecule has 2 heterocycles. The lowest BCUT2D eigenvalue weighted by atomic mass is 10.2. The fraction of sp³-hybridized carbons (Fsp3) is 0.647. The van der Waals surface area contributed by atoms with Gasteiger partial charge >= 0.3 is 0 Å². The lowest BCUT2D eigenvalue weighted by Gasteiger charge is -2.19. The Hall–Kier alpha value is -1.14. The van der Waals surface area contributed by atoms with Gasteiger partial charge in [0.05, 0.1) is 0 Å². The molecule has 0 aromatic carbocycles. The van der Waals surface area contributed by atoms with Gasteiger partial charge in [-0.25, -0.2) is 0 Å². The van der Waals surface area contributed by atoms with Gasteiger partial charge in [-0.05, 0) is 60.9 Å². The first-order chi connectivity index (χ1) is 11.1. The van der Waals surface area contributed by atoms with Crippen LogP contribution in [0.25, 0.3) is 0 Å². The third-order valence-corrected chi connectivity index (χ3v) is 4.67. The maximum atomic E-state index is 11.9. The Bertz CT molecular complexity index is 551. The minimum absolute atomic E-state index is 0.00717. The number of carbonyl (C=O) groups excluding carboxylic acids is 1. The molecule has 1 fully saturated rings. The molecule has 1 aromatic rings. The average Bonchev–Trinajstić information content (AvgIpc) is 2.81. The SMILES string of the molecule is O=C(CCn1cc(Br)ccc1=O)NCCCN1CCCCCC1. The molecule has 0 radical (unpaired) electrons. The standard InChI is InChI=1S/C17H26BrN3O2/c18-15-6-7-17(23)21(14-15)13-8-16(22)19-9-5-12-20-10-3-1-2-4-11-20/h6-7,14H,1-5,8-13H2,(H,19,22). The van der Waals surface area contributed by atoms with Gasteiger partial charge in [0.25, 0.3) is 5.56 Å². The number of amides is 1. The second-order valence-electron chi connectivity index (χ2n) is 6.09. The number of nitrogens with zero attached hydrogens (tertiary/aromatic N) is 2. The van der Waals surface area contributed by atoms with Crippen molar-refractivity contribution in [1.29, 1.82) is 0 Å². The third kappa shape index (κ3) is 6.87. The van der Waals surface area contributed by atoms with E-state index in [1.54, 1.807) is 16.8 Å². The molecule has 1 N–H and O–H groups in total. The minimum atomic E-state index is -0.0813. The van der Waals surface area contributed by atoms with Crippen LogP contribution in [0.1, 0.15) is 38.5 Å². The minimum Gasteiger partial charge on any atom is -0.356 e. The van der Waals surface area contributed by atoms with Crippen LogP contribution in [0.3, 0.4) is 0 Å². The molecule has 1 saturated heterocycles. The highest BCUT2D eigenvalue weighted by Gasteiger charge is 2.08. The van der Waals surface area contributed by atoms with Gasteiger partial charge in [0.1, 0.15) is 0 Å². The van der Waals surface area contributed by atoms with Crippen molar-refractivity contribution in [2.45, 2.75) is 45.1 Å². The van der Waals surface area contributed by atoms with E-state index in [1.165, 1.54) is 44.8 Å². The molecule has 23 heavy (non-hydrogen) atoms. The van der Waals surface area contributed by atoms with Crippen LogP contribution in [0.5, 0.6) is 0 Å². The van der Waals surface area contributed by atoms with Crippen molar-refractivity contribution in [3.63, 3.8) is 0 Å². The molecule has 0 spiro atoms. The number of carbonyl (C=O) groups is 1. The first-order valence-electron chi connectivity index (χ1n) is 8.50. The van der Waals surface area contributed by atoms with Crippen LogP contribution in [-0.4, -0.2) is 41.6 Å². The molecular weight excluding hydrogens is 358 g/mol. The van der Waals surface area contributed by atoms with Crippen LogP contribution in [0.15, 0.2) is 27.6 Å². The van der Waals surface area contributed by atoms with Crippen molar-refractivity contribution in [2.24, 2.45) is 0 Å². The molecule has 1 aromatic heterocycles. The molecule has 1 amide bonds. The first kappa shape index (κ1) is 18.2. The number of halogens is 1. The molecule has 1 aliphatic rings. The zero-order valence-electron chi connectivity index (χ0n) is 13.6. The lowest BCUT2D eigenvalue weighted by Crippen LogP contribution is -2.31. The molecule has 0 unspecified atom stereocenters. The van der Waals surface area contributed by atoms with E-state index in [0.29, 0.717) is 19.5 Å². The van der Waals surface area contributed by atoms with E-state index < -0.39 is 0 Å². The van der Waals surface area contributed by atoms with Crippen LogP contribution in [-0.2, 0) is 11.3 Å². The van der Waals surface area contributed by atoms with Crippen LogP contribution in [0, 0.1) is 0 Å². The molecule has 1 aliphatic heterocycles. The maximum Gasteiger partial charge on any atom is 0.250 e. The smallest absolute Gasteiger partial charge is 0.250 e. The highest BCUT2D eigenvalue weighted by molar-refractivity contribution is 9.10. The largest absolute Gasteiger partial charge is 0.356 e. The number of likely N-dealkylation sites (tertiary alicyclic amines) is 1. The zero-order valence-corrected chi connectivity index (χ0v) is 15.2. The second kappa shape index (κ2) is 9.88. The highest BCUT2D eigenvalue weighted by Crippen LogP contribution is 2.09. The van der Waals surface area contributed by atoms with Gasteiger partial charge in [-0.3, -0.25) is 9.59 Å². The fourth-order valence-corrected chi connectivity index (χ4v) is 3.26. The summed E-state index contributed by atoms with van der Waals surface area (Å²) in [4.78, 5) is 26.0. The Morgan fingerprint density at radius 2 is 1.87 bits per heavy atom. The van der Waals surface area contributed by atoms with Gasteiger partial charge in [-0.2, -0.15) is 0 Å². The Balaban J connectivity index is 1.61. The van der Waals surface area contributed by atoms with E-state index in [9.17, 15) is 9.59 Å². The van der Waals surface area contributed by atoms with Gasteiger partial charge in [0.2, 0.25) is 5.91 Å². The van der Waals surface area contributed by atoms with E-state index in [1.807, 2.05) is 0 Å². The zero-order chi connectivity index (χ0) is 16.5. The Kier molecular flexibility index (Phi) is 7.82. The van der Waals surface area contributed by atoms with E-state index in [2.05, 4.69) is 26.1 Å². The number of nitrogens with one attached hydrogen (secondary N) is 1. The topological polar surface area (TPSA) is 54.3 Å². The number of pyridine rings is 1. The number of hydrogen-bond donors (Lipinski definition) is 1. The van der Waals surface area contributed by atoms with Crippen molar-refractivity contribution in [2.75, 3.05) is 26.2 Å². The molecule has 5 nitrogen and oxygen atoms in total. The van der Waals surface area contributed by atoms with Crippen LogP contribution in [0.4, 0.5) is 0 Å².